The molecule has 2 aromatic carbocycles. The van der Waals surface area contributed by atoms with Crippen LogP contribution in [-0.2, 0) is 4.74 Å². The third kappa shape index (κ3) is 3.28. The summed E-state index contributed by atoms with van der Waals surface area (Å²) in [6.07, 6.45) is -2.02. The number of benzene rings is 2. The van der Waals surface area contributed by atoms with Gasteiger partial charge >= 0.3 is 0 Å². The molecule has 4 heteroatoms. The molecule has 2 atom stereocenters. The minimum absolute atomic E-state index is 0.0968. The fraction of sp³-hybridized carbons (Fsp3) is 0.294. The fourth-order valence-corrected chi connectivity index (χ4v) is 2.24. The van der Waals surface area contributed by atoms with Gasteiger partial charge in [-0.25, -0.2) is 8.78 Å². The zero-order valence-electron chi connectivity index (χ0n) is 12.0. The maximum atomic E-state index is 14.0. The summed E-state index contributed by atoms with van der Waals surface area (Å²) in [5.74, 6) is -1.96. The maximum absolute atomic E-state index is 14.0. The SMILES string of the molecule is CCOC(c1ccccc1)C(O)c1ccc(C)c(F)c1F. The predicted octanol–water partition coefficient (Wildman–Crippen LogP) is 4.08. The van der Waals surface area contributed by atoms with Crippen LogP contribution >= 0.6 is 0 Å². The van der Waals surface area contributed by atoms with Crippen LogP contribution < -0.4 is 0 Å². The fourth-order valence-electron chi connectivity index (χ4n) is 2.24. The molecule has 0 aliphatic rings. The highest BCUT2D eigenvalue weighted by Gasteiger charge is 2.27. The van der Waals surface area contributed by atoms with Crippen LogP contribution in [0.4, 0.5) is 8.78 Å². The Kier molecular flexibility index (Phi) is 5.04. The van der Waals surface area contributed by atoms with Crippen molar-refractivity contribution in [3.8, 4) is 0 Å². The largest absolute Gasteiger partial charge is 0.385 e. The van der Waals surface area contributed by atoms with E-state index in [1.165, 1.54) is 19.1 Å². The molecule has 0 saturated carbocycles. The number of aryl methyl sites for hydroxylation is 1. The van der Waals surface area contributed by atoms with Gasteiger partial charge in [0.05, 0.1) is 0 Å². The molecule has 0 heterocycles. The van der Waals surface area contributed by atoms with Gasteiger partial charge in [-0.2, -0.15) is 0 Å². The molecule has 0 saturated heterocycles. The Hall–Kier alpha value is -1.78. The lowest BCUT2D eigenvalue weighted by Gasteiger charge is -2.24. The Balaban J connectivity index is 2.40. The maximum Gasteiger partial charge on any atom is 0.164 e. The first-order valence-electron chi connectivity index (χ1n) is 6.85. The van der Waals surface area contributed by atoms with Gasteiger partial charge in [0.2, 0.25) is 0 Å². The highest BCUT2D eigenvalue weighted by molar-refractivity contribution is 5.30. The number of hydrogen-bond donors (Lipinski definition) is 1. The predicted molar refractivity (Wildman–Crippen MR) is 76.9 cm³/mol. The Morgan fingerprint density at radius 1 is 1.05 bits per heavy atom. The lowest BCUT2D eigenvalue weighted by atomic mass is 9.96. The number of aliphatic hydroxyl groups is 1. The van der Waals surface area contributed by atoms with E-state index in [-0.39, 0.29) is 11.1 Å². The number of rotatable bonds is 5. The first-order valence-corrected chi connectivity index (χ1v) is 6.85. The van der Waals surface area contributed by atoms with E-state index in [0.29, 0.717) is 12.2 Å². The van der Waals surface area contributed by atoms with E-state index < -0.39 is 23.8 Å². The van der Waals surface area contributed by atoms with Gasteiger partial charge in [-0.15, -0.1) is 0 Å². The monoisotopic (exact) mass is 292 g/mol. The van der Waals surface area contributed by atoms with E-state index in [9.17, 15) is 13.9 Å². The summed E-state index contributed by atoms with van der Waals surface area (Å²) in [6, 6.07) is 11.9. The van der Waals surface area contributed by atoms with E-state index >= 15 is 0 Å². The number of aliphatic hydroxyl groups excluding tert-OH is 1. The van der Waals surface area contributed by atoms with Crippen LogP contribution in [0.5, 0.6) is 0 Å². The second-order valence-electron chi connectivity index (χ2n) is 4.83. The minimum atomic E-state index is -1.28. The van der Waals surface area contributed by atoms with Crippen molar-refractivity contribution in [2.45, 2.75) is 26.1 Å². The van der Waals surface area contributed by atoms with Gasteiger partial charge in [-0.3, -0.25) is 0 Å². The van der Waals surface area contributed by atoms with Crippen LogP contribution in [0.15, 0.2) is 42.5 Å². The van der Waals surface area contributed by atoms with Crippen LogP contribution in [0.3, 0.4) is 0 Å². The van der Waals surface area contributed by atoms with Crippen molar-refractivity contribution in [3.63, 3.8) is 0 Å². The third-order valence-electron chi connectivity index (χ3n) is 3.39. The van der Waals surface area contributed by atoms with Crippen molar-refractivity contribution < 1.29 is 18.6 Å². The van der Waals surface area contributed by atoms with Crippen molar-refractivity contribution in [3.05, 3.63) is 70.8 Å². The molecule has 0 spiro atoms. The quantitative estimate of drug-likeness (QED) is 0.899. The molecule has 2 rings (SSSR count). The van der Waals surface area contributed by atoms with Gasteiger partial charge in [-0.05, 0) is 25.0 Å². The molecule has 0 amide bonds. The van der Waals surface area contributed by atoms with Crippen molar-refractivity contribution in [1.29, 1.82) is 0 Å². The molecule has 0 aliphatic heterocycles. The summed E-state index contributed by atoms with van der Waals surface area (Å²) < 4.78 is 33.2. The molecule has 0 fully saturated rings. The summed E-state index contributed by atoms with van der Waals surface area (Å²) in [5.41, 5.74) is 0.823. The summed E-state index contributed by atoms with van der Waals surface area (Å²) in [6.45, 7) is 3.62. The van der Waals surface area contributed by atoms with Gasteiger partial charge in [0.25, 0.3) is 0 Å². The summed E-state index contributed by atoms with van der Waals surface area (Å²) in [4.78, 5) is 0. The lowest BCUT2D eigenvalue weighted by molar-refractivity contribution is -0.0377. The Morgan fingerprint density at radius 3 is 2.33 bits per heavy atom. The Morgan fingerprint density at radius 2 is 1.71 bits per heavy atom. The molecule has 1 N–H and O–H groups in total. The highest BCUT2D eigenvalue weighted by Crippen LogP contribution is 2.34. The molecule has 112 valence electrons. The van der Waals surface area contributed by atoms with E-state index in [0.717, 1.165) is 0 Å². The number of halogens is 2. The van der Waals surface area contributed by atoms with Gasteiger partial charge in [0, 0.05) is 12.2 Å². The average Bonchev–Trinajstić information content (AvgIpc) is 2.51. The standard InChI is InChI=1S/C17H18F2O2/c1-3-21-17(12-7-5-4-6-8-12)16(20)13-10-9-11(2)14(18)15(13)19/h4-10,16-17,20H,3H2,1-2H3. The summed E-state index contributed by atoms with van der Waals surface area (Å²) in [5, 5.41) is 10.4. The van der Waals surface area contributed by atoms with E-state index in [4.69, 9.17) is 4.74 Å². The zero-order valence-corrected chi connectivity index (χ0v) is 12.0. The summed E-state index contributed by atoms with van der Waals surface area (Å²) in [7, 11) is 0. The van der Waals surface area contributed by atoms with Gasteiger partial charge in [-0.1, -0.05) is 42.5 Å². The second kappa shape index (κ2) is 6.78. The van der Waals surface area contributed by atoms with Crippen LogP contribution in [0.2, 0.25) is 0 Å². The van der Waals surface area contributed by atoms with Crippen LogP contribution in [-0.4, -0.2) is 11.7 Å². The smallest absolute Gasteiger partial charge is 0.164 e. The van der Waals surface area contributed by atoms with Gasteiger partial charge < -0.3 is 9.84 Å². The Bertz CT molecular complexity index is 599. The lowest BCUT2D eigenvalue weighted by Crippen LogP contribution is -2.16. The van der Waals surface area contributed by atoms with E-state index in [1.807, 2.05) is 6.07 Å². The van der Waals surface area contributed by atoms with E-state index in [2.05, 4.69) is 0 Å². The van der Waals surface area contributed by atoms with Crippen LogP contribution in [0.25, 0.3) is 0 Å². The molecule has 2 nitrogen and oxygen atoms in total. The molecule has 21 heavy (non-hydrogen) atoms. The molecule has 2 unspecified atom stereocenters. The zero-order chi connectivity index (χ0) is 15.4. The van der Waals surface area contributed by atoms with Crippen molar-refractivity contribution >= 4 is 0 Å². The second-order valence-corrected chi connectivity index (χ2v) is 4.83. The molecule has 2 aromatic rings. The number of hydrogen-bond acceptors (Lipinski definition) is 2. The van der Waals surface area contributed by atoms with Crippen molar-refractivity contribution in [1.82, 2.24) is 0 Å². The molecule has 0 aliphatic carbocycles. The molecule has 0 aromatic heterocycles. The third-order valence-corrected chi connectivity index (χ3v) is 3.39. The molecular formula is C17H18F2O2. The van der Waals surface area contributed by atoms with Crippen molar-refractivity contribution in [2.75, 3.05) is 6.61 Å². The first kappa shape index (κ1) is 15.6. The normalized spacial score (nSPS) is 14.0. The minimum Gasteiger partial charge on any atom is -0.385 e. The van der Waals surface area contributed by atoms with Gasteiger partial charge in [0.1, 0.15) is 12.2 Å². The van der Waals surface area contributed by atoms with Crippen LogP contribution in [0.1, 0.15) is 35.8 Å². The highest BCUT2D eigenvalue weighted by atomic mass is 19.2. The first-order chi connectivity index (χ1) is 10.1. The van der Waals surface area contributed by atoms with Gasteiger partial charge in [0.15, 0.2) is 11.6 Å². The van der Waals surface area contributed by atoms with E-state index in [1.54, 1.807) is 31.2 Å². The average molecular weight is 292 g/mol. The molecule has 0 radical (unpaired) electrons. The topological polar surface area (TPSA) is 29.5 Å². The van der Waals surface area contributed by atoms with Crippen molar-refractivity contribution in [2.24, 2.45) is 0 Å². The summed E-state index contributed by atoms with van der Waals surface area (Å²) >= 11 is 0. The number of ether oxygens (including phenoxy) is 1. The molecule has 0 bridgehead atoms. The van der Waals surface area contributed by atoms with Crippen LogP contribution in [0, 0.1) is 18.6 Å². The molecular weight excluding hydrogens is 274 g/mol. The Labute approximate surface area is 123 Å².